The molecule has 0 aliphatic heterocycles. The van der Waals surface area contributed by atoms with Crippen molar-refractivity contribution in [1.29, 1.82) is 0 Å². The zero-order valence-electron chi connectivity index (χ0n) is 8.19. The summed E-state index contributed by atoms with van der Waals surface area (Å²) in [5.74, 6) is 0.641. The predicted octanol–water partition coefficient (Wildman–Crippen LogP) is 2.00. The highest BCUT2D eigenvalue weighted by Gasteiger charge is 2.25. The highest BCUT2D eigenvalue weighted by atomic mass is 16.5. The van der Waals surface area contributed by atoms with Gasteiger partial charge in [0.05, 0.1) is 17.9 Å². The van der Waals surface area contributed by atoms with Gasteiger partial charge in [-0.25, -0.2) is 0 Å². The molecule has 1 aromatic rings. The number of aromatic nitrogens is 1. The predicted molar refractivity (Wildman–Crippen MR) is 52.7 cm³/mol. The van der Waals surface area contributed by atoms with Crippen molar-refractivity contribution in [2.24, 2.45) is 0 Å². The van der Waals surface area contributed by atoms with E-state index in [-0.39, 0.29) is 0 Å². The number of aldehydes is 1. The zero-order valence-corrected chi connectivity index (χ0v) is 8.19. The van der Waals surface area contributed by atoms with Crippen molar-refractivity contribution in [3.8, 4) is 5.75 Å². The summed E-state index contributed by atoms with van der Waals surface area (Å²) in [7, 11) is 0. The molecule has 1 saturated carbocycles. The fourth-order valence-electron chi connectivity index (χ4n) is 1.37. The van der Waals surface area contributed by atoms with Crippen LogP contribution in [0.3, 0.4) is 0 Å². The summed E-state index contributed by atoms with van der Waals surface area (Å²) in [5.41, 5.74) is 1.62. The van der Waals surface area contributed by atoms with E-state index in [1.165, 1.54) is 0 Å². The minimum absolute atomic E-state index is 0.308. The van der Waals surface area contributed by atoms with Gasteiger partial charge < -0.3 is 4.74 Å². The molecule has 0 atom stereocenters. The Morgan fingerprint density at radius 2 is 2.36 bits per heavy atom. The number of pyridine rings is 1. The minimum atomic E-state index is 0.308. The van der Waals surface area contributed by atoms with E-state index in [0.29, 0.717) is 17.4 Å². The molecule has 3 nitrogen and oxygen atoms in total. The second kappa shape index (κ2) is 3.78. The summed E-state index contributed by atoms with van der Waals surface area (Å²) in [6.45, 7) is 2.00. The molecule has 1 heterocycles. The first-order chi connectivity index (χ1) is 6.85. The Bertz CT molecular complexity index is 345. The average Bonchev–Trinajstić information content (AvgIpc) is 3.01. The Hall–Kier alpha value is -1.38. The van der Waals surface area contributed by atoms with Crippen molar-refractivity contribution in [2.45, 2.75) is 32.3 Å². The van der Waals surface area contributed by atoms with E-state index in [4.69, 9.17) is 4.74 Å². The van der Waals surface area contributed by atoms with Crippen LogP contribution in [0.25, 0.3) is 0 Å². The van der Waals surface area contributed by atoms with Gasteiger partial charge >= 0.3 is 0 Å². The van der Waals surface area contributed by atoms with Crippen molar-refractivity contribution in [1.82, 2.24) is 4.98 Å². The Morgan fingerprint density at radius 3 is 2.93 bits per heavy atom. The Balaban J connectivity index is 2.30. The Kier molecular flexibility index (Phi) is 2.48. The van der Waals surface area contributed by atoms with Gasteiger partial charge in [-0.3, -0.25) is 9.78 Å². The van der Waals surface area contributed by atoms with Crippen LogP contribution in [0.2, 0.25) is 0 Å². The molecule has 1 aromatic heterocycles. The van der Waals surface area contributed by atoms with Crippen LogP contribution in [0.15, 0.2) is 12.4 Å². The summed E-state index contributed by atoms with van der Waals surface area (Å²) in [5, 5.41) is 0. The summed E-state index contributed by atoms with van der Waals surface area (Å²) < 4.78 is 5.60. The lowest BCUT2D eigenvalue weighted by molar-refractivity contribution is 0.111. The van der Waals surface area contributed by atoms with Crippen LogP contribution in [0.4, 0.5) is 0 Å². The summed E-state index contributed by atoms with van der Waals surface area (Å²) in [6.07, 6.45) is 7.51. The molecule has 0 unspecified atom stereocenters. The molecule has 14 heavy (non-hydrogen) atoms. The van der Waals surface area contributed by atoms with E-state index in [0.717, 1.165) is 31.1 Å². The Labute approximate surface area is 83.1 Å². The van der Waals surface area contributed by atoms with Crippen LogP contribution in [0, 0.1) is 0 Å². The first-order valence-corrected chi connectivity index (χ1v) is 4.94. The minimum Gasteiger partial charge on any atom is -0.488 e. The van der Waals surface area contributed by atoms with Crippen LogP contribution in [-0.4, -0.2) is 17.4 Å². The fraction of sp³-hybridized carbons (Fsp3) is 0.455. The molecule has 0 radical (unpaired) electrons. The van der Waals surface area contributed by atoms with Gasteiger partial charge in [0.2, 0.25) is 0 Å². The topological polar surface area (TPSA) is 39.2 Å². The summed E-state index contributed by atoms with van der Waals surface area (Å²) in [4.78, 5) is 15.0. The molecule has 0 N–H and O–H groups in total. The number of carbonyl (C=O) groups excluding carboxylic acids is 1. The highest BCUT2D eigenvalue weighted by Crippen LogP contribution is 2.29. The number of rotatable bonds is 4. The molecule has 1 aliphatic carbocycles. The van der Waals surface area contributed by atoms with E-state index in [1.54, 1.807) is 12.4 Å². The normalized spacial score (nSPS) is 15.2. The third-order valence-corrected chi connectivity index (χ3v) is 2.35. The SMILES string of the molecule is CCc1cncc(OC2CC2)c1C=O. The maximum Gasteiger partial charge on any atom is 0.154 e. The molecule has 74 valence electrons. The van der Waals surface area contributed by atoms with Crippen LogP contribution in [0.1, 0.15) is 35.7 Å². The van der Waals surface area contributed by atoms with Crippen molar-refractivity contribution in [3.05, 3.63) is 23.5 Å². The highest BCUT2D eigenvalue weighted by molar-refractivity contribution is 5.81. The molecule has 0 amide bonds. The third-order valence-electron chi connectivity index (χ3n) is 2.35. The van der Waals surface area contributed by atoms with E-state index in [9.17, 15) is 4.79 Å². The van der Waals surface area contributed by atoms with E-state index >= 15 is 0 Å². The monoisotopic (exact) mass is 191 g/mol. The van der Waals surface area contributed by atoms with Gasteiger partial charge in [-0.05, 0) is 24.8 Å². The summed E-state index contributed by atoms with van der Waals surface area (Å²) >= 11 is 0. The molecule has 0 aromatic carbocycles. The van der Waals surface area contributed by atoms with E-state index < -0.39 is 0 Å². The Morgan fingerprint density at radius 1 is 1.57 bits per heavy atom. The molecular weight excluding hydrogens is 178 g/mol. The van der Waals surface area contributed by atoms with Crippen LogP contribution in [-0.2, 0) is 6.42 Å². The lowest BCUT2D eigenvalue weighted by Crippen LogP contribution is -2.02. The fourth-order valence-corrected chi connectivity index (χ4v) is 1.37. The van der Waals surface area contributed by atoms with Crippen molar-refractivity contribution in [3.63, 3.8) is 0 Å². The molecule has 2 rings (SSSR count). The zero-order chi connectivity index (χ0) is 9.97. The van der Waals surface area contributed by atoms with E-state index in [2.05, 4.69) is 4.98 Å². The third kappa shape index (κ3) is 1.76. The van der Waals surface area contributed by atoms with Crippen molar-refractivity contribution < 1.29 is 9.53 Å². The standard InChI is InChI=1S/C11H13NO2/c1-2-8-5-12-6-11(10(8)7-13)14-9-3-4-9/h5-7,9H,2-4H2,1H3. The maximum absolute atomic E-state index is 10.9. The second-order valence-corrected chi connectivity index (χ2v) is 3.50. The molecular formula is C11H13NO2. The molecule has 0 saturated heterocycles. The molecule has 3 heteroatoms. The van der Waals surface area contributed by atoms with Gasteiger partial charge in [0.15, 0.2) is 6.29 Å². The summed E-state index contributed by atoms with van der Waals surface area (Å²) in [6, 6.07) is 0. The largest absolute Gasteiger partial charge is 0.488 e. The van der Waals surface area contributed by atoms with Crippen LogP contribution in [0.5, 0.6) is 5.75 Å². The van der Waals surface area contributed by atoms with Crippen molar-refractivity contribution in [2.75, 3.05) is 0 Å². The number of nitrogens with zero attached hydrogens (tertiary/aromatic N) is 1. The maximum atomic E-state index is 10.9. The smallest absolute Gasteiger partial charge is 0.154 e. The number of carbonyl (C=O) groups is 1. The van der Waals surface area contributed by atoms with Gasteiger partial charge in [0.1, 0.15) is 5.75 Å². The van der Waals surface area contributed by atoms with Crippen molar-refractivity contribution >= 4 is 6.29 Å². The molecule has 0 spiro atoms. The number of hydrogen-bond acceptors (Lipinski definition) is 3. The molecule has 1 fully saturated rings. The van der Waals surface area contributed by atoms with Gasteiger partial charge in [-0.2, -0.15) is 0 Å². The van der Waals surface area contributed by atoms with Gasteiger partial charge in [0.25, 0.3) is 0 Å². The van der Waals surface area contributed by atoms with Gasteiger partial charge in [-0.1, -0.05) is 6.92 Å². The first kappa shape index (κ1) is 9.19. The van der Waals surface area contributed by atoms with Gasteiger partial charge in [0, 0.05) is 6.20 Å². The lowest BCUT2D eigenvalue weighted by Gasteiger charge is -2.08. The van der Waals surface area contributed by atoms with Crippen LogP contribution < -0.4 is 4.74 Å². The van der Waals surface area contributed by atoms with Gasteiger partial charge in [-0.15, -0.1) is 0 Å². The first-order valence-electron chi connectivity index (χ1n) is 4.94. The molecule has 1 aliphatic rings. The number of aryl methyl sites for hydroxylation is 1. The quantitative estimate of drug-likeness (QED) is 0.683. The van der Waals surface area contributed by atoms with Crippen LogP contribution >= 0.6 is 0 Å². The number of ether oxygens (including phenoxy) is 1. The average molecular weight is 191 g/mol. The lowest BCUT2D eigenvalue weighted by atomic mass is 10.1. The van der Waals surface area contributed by atoms with E-state index in [1.807, 2.05) is 6.92 Å². The molecule has 0 bridgehead atoms. The second-order valence-electron chi connectivity index (χ2n) is 3.50. The number of hydrogen-bond donors (Lipinski definition) is 0.